The van der Waals surface area contributed by atoms with Crippen LogP contribution in [-0.4, -0.2) is 53.2 Å². The van der Waals surface area contributed by atoms with Gasteiger partial charge in [0.05, 0.1) is 29.0 Å². The van der Waals surface area contributed by atoms with Crippen molar-refractivity contribution in [2.24, 2.45) is 0 Å². The van der Waals surface area contributed by atoms with Crippen molar-refractivity contribution in [2.45, 2.75) is 38.0 Å². The summed E-state index contributed by atoms with van der Waals surface area (Å²) in [6, 6.07) is 7.74. The number of pyridine rings is 2. The van der Waals surface area contributed by atoms with Gasteiger partial charge < -0.3 is 14.8 Å². The molecule has 0 saturated carbocycles. The molecule has 12 heteroatoms. The highest BCUT2D eigenvalue weighted by Crippen LogP contribution is 2.27. The second kappa shape index (κ2) is 9.19. The Morgan fingerprint density at radius 1 is 1.17 bits per heavy atom. The lowest BCUT2D eigenvalue weighted by molar-refractivity contribution is -0.116. The van der Waals surface area contributed by atoms with Crippen molar-refractivity contribution in [1.82, 2.24) is 29.0 Å². The minimum Gasteiger partial charge on any atom is -0.330 e. The molecule has 0 atom stereocenters. The highest BCUT2D eigenvalue weighted by atomic mass is 32.2. The molecular formula is C24H22FN7O3S. The van der Waals surface area contributed by atoms with Gasteiger partial charge >= 0.3 is 0 Å². The number of fused-ring (bicyclic) bond motifs is 2. The molecule has 0 bridgehead atoms. The summed E-state index contributed by atoms with van der Waals surface area (Å²) in [5.74, 6) is -1.19. The predicted molar refractivity (Wildman–Crippen MR) is 132 cm³/mol. The van der Waals surface area contributed by atoms with E-state index in [4.69, 9.17) is 0 Å². The van der Waals surface area contributed by atoms with Crippen LogP contribution in [0.25, 0.3) is 16.9 Å². The van der Waals surface area contributed by atoms with E-state index in [9.17, 15) is 18.8 Å². The van der Waals surface area contributed by atoms with Gasteiger partial charge in [-0.25, -0.2) is 14.4 Å². The van der Waals surface area contributed by atoms with E-state index >= 15 is 0 Å². The van der Waals surface area contributed by atoms with E-state index in [2.05, 4.69) is 20.4 Å². The lowest BCUT2D eigenvalue weighted by Crippen LogP contribution is -2.32. The van der Waals surface area contributed by atoms with Crippen LogP contribution >= 0.6 is 11.8 Å². The molecule has 0 saturated heterocycles. The number of hydrogen-bond donors (Lipinski definition) is 1. The zero-order valence-electron chi connectivity index (χ0n) is 19.7. The van der Waals surface area contributed by atoms with Crippen LogP contribution in [0.2, 0.25) is 0 Å². The summed E-state index contributed by atoms with van der Waals surface area (Å²) in [4.78, 5) is 49.4. The molecule has 0 unspecified atom stereocenters. The van der Waals surface area contributed by atoms with E-state index in [0.717, 1.165) is 11.2 Å². The number of thioether (sulfide) groups is 1. The van der Waals surface area contributed by atoms with E-state index in [-0.39, 0.29) is 42.1 Å². The fourth-order valence-corrected chi connectivity index (χ4v) is 4.49. The molecule has 2 amide bonds. The Labute approximate surface area is 209 Å². The number of nitrogens with zero attached hydrogens (tertiary/aromatic N) is 6. The Hall–Kier alpha value is -4.06. The summed E-state index contributed by atoms with van der Waals surface area (Å²) in [6.45, 7) is 3.57. The maximum Gasteiger partial charge on any atom is 0.280 e. The molecule has 36 heavy (non-hydrogen) atoms. The van der Waals surface area contributed by atoms with Crippen LogP contribution in [0.1, 0.15) is 29.9 Å². The second-order valence-corrected chi connectivity index (χ2v) is 9.37. The van der Waals surface area contributed by atoms with Crippen molar-refractivity contribution >= 4 is 35.0 Å². The van der Waals surface area contributed by atoms with Crippen molar-refractivity contribution in [2.75, 3.05) is 11.6 Å². The van der Waals surface area contributed by atoms with Crippen molar-refractivity contribution in [1.29, 1.82) is 0 Å². The molecule has 0 fully saturated rings. The molecule has 1 aliphatic rings. The number of carbonyl (C=O) groups is 2. The SMILES string of the molecule is CSc1ccc(-c2cc3n(CC(=O)Nc4ccc(F)cn4)c4c(c(=O)n3n2)CN(C(C)C)C4=O)cn1. The van der Waals surface area contributed by atoms with Gasteiger partial charge in [-0.2, -0.15) is 9.61 Å². The van der Waals surface area contributed by atoms with Gasteiger partial charge in [0.2, 0.25) is 5.91 Å². The van der Waals surface area contributed by atoms with Gasteiger partial charge in [-0.05, 0) is 44.4 Å². The number of hydrogen-bond acceptors (Lipinski definition) is 7. The van der Waals surface area contributed by atoms with Gasteiger partial charge in [-0.1, -0.05) is 0 Å². The van der Waals surface area contributed by atoms with E-state index in [1.54, 1.807) is 17.2 Å². The van der Waals surface area contributed by atoms with Crippen LogP contribution < -0.4 is 10.9 Å². The van der Waals surface area contributed by atoms with Crippen LogP contribution in [0.3, 0.4) is 0 Å². The first-order chi connectivity index (χ1) is 17.3. The number of halogens is 1. The van der Waals surface area contributed by atoms with Crippen molar-refractivity contribution in [3.63, 3.8) is 0 Å². The Morgan fingerprint density at radius 2 is 1.97 bits per heavy atom. The van der Waals surface area contributed by atoms with E-state index < -0.39 is 17.3 Å². The van der Waals surface area contributed by atoms with Gasteiger partial charge in [0.25, 0.3) is 11.5 Å². The molecule has 4 aromatic heterocycles. The van der Waals surface area contributed by atoms with Gasteiger partial charge in [-0.15, -0.1) is 11.8 Å². The van der Waals surface area contributed by atoms with Crippen LogP contribution in [0, 0.1) is 5.82 Å². The molecule has 0 spiro atoms. The molecule has 5 heterocycles. The Kier molecular flexibility index (Phi) is 6.04. The fourth-order valence-electron chi connectivity index (χ4n) is 4.13. The fraction of sp³-hybridized carbons (Fsp3) is 0.250. The minimum absolute atomic E-state index is 0.126. The molecular weight excluding hydrogens is 485 g/mol. The lowest BCUT2D eigenvalue weighted by Gasteiger charge is -2.20. The Morgan fingerprint density at radius 3 is 2.61 bits per heavy atom. The van der Waals surface area contributed by atoms with Crippen molar-refractivity contribution < 1.29 is 14.0 Å². The molecule has 1 N–H and O–H groups in total. The number of carbonyl (C=O) groups excluding carboxylic acids is 2. The molecule has 184 valence electrons. The first kappa shape index (κ1) is 23.7. The third kappa shape index (κ3) is 4.13. The predicted octanol–water partition coefficient (Wildman–Crippen LogP) is 2.82. The number of amides is 2. The van der Waals surface area contributed by atoms with Gasteiger partial charge in [0, 0.05) is 23.9 Å². The van der Waals surface area contributed by atoms with Crippen LogP contribution in [0.4, 0.5) is 10.2 Å². The standard InChI is InChI=1S/C24H22FN7O3S/c1-13(2)30-11-16-22(24(30)35)31(12-19(33)28-18-6-5-15(25)10-26-18)21-8-17(29-32(21)23(16)34)14-4-7-20(36-3)27-9-14/h4-10,13H,11-12H2,1-3H3,(H,26,28,33). The number of anilines is 1. The van der Waals surface area contributed by atoms with Gasteiger partial charge in [0.1, 0.15) is 29.5 Å². The Bertz CT molecular complexity index is 1550. The third-order valence-electron chi connectivity index (χ3n) is 5.93. The average molecular weight is 508 g/mol. The molecule has 0 aromatic carbocycles. The van der Waals surface area contributed by atoms with Crippen molar-refractivity contribution in [3.05, 3.63) is 70.2 Å². The van der Waals surface area contributed by atoms with Gasteiger partial charge in [-0.3, -0.25) is 14.4 Å². The maximum absolute atomic E-state index is 13.4. The molecule has 0 radical (unpaired) electrons. The monoisotopic (exact) mass is 507 g/mol. The van der Waals surface area contributed by atoms with Gasteiger partial charge in [0.15, 0.2) is 0 Å². The van der Waals surface area contributed by atoms with E-state index in [1.807, 2.05) is 32.2 Å². The topological polar surface area (TPSA) is 114 Å². The zero-order valence-corrected chi connectivity index (χ0v) is 20.5. The number of aromatic nitrogens is 5. The smallest absolute Gasteiger partial charge is 0.280 e. The normalized spacial score (nSPS) is 13.0. The highest BCUT2D eigenvalue weighted by molar-refractivity contribution is 7.98. The summed E-state index contributed by atoms with van der Waals surface area (Å²) in [5.41, 5.74) is 1.50. The number of nitrogens with one attached hydrogen (secondary N) is 1. The summed E-state index contributed by atoms with van der Waals surface area (Å²) < 4.78 is 15.9. The first-order valence-corrected chi connectivity index (χ1v) is 12.4. The molecule has 10 nitrogen and oxygen atoms in total. The first-order valence-electron chi connectivity index (χ1n) is 11.1. The quantitative estimate of drug-likeness (QED) is 0.399. The highest BCUT2D eigenvalue weighted by Gasteiger charge is 2.36. The summed E-state index contributed by atoms with van der Waals surface area (Å²) >= 11 is 1.50. The molecule has 5 rings (SSSR count). The van der Waals surface area contributed by atoms with Crippen LogP contribution in [0.15, 0.2) is 52.5 Å². The largest absolute Gasteiger partial charge is 0.330 e. The number of rotatable bonds is 6. The summed E-state index contributed by atoms with van der Waals surface area (Å²) in [6.07, 6.45) is 4.58. The third-order valence-corrected chi connectivity index (χ3v) is 6.59. The van der Waals surface area contributed by atoms with Crippen molar-refractivity contribution in [3.8, 4) is 11.3 Å². The Balaban J connectivity index is 1.62. The second-order valence-electron chi connectivity index (χ2n) is 8.54. The minimum atomic E-state index is -0.529. The maximum atomic E-state index is 13.4. The van der Waals surface area contributed by atoms with E-state index in [0.29, 0.717) is 16.9 Å². The van der Waals surface area contributed by atoms with E-state index in [1.165, 1.54) is 33.0 Å². The molecule has 1 aliphatic heterocycles. The molecule has 4 aromatic rings. The van der Waals surface area contributed by atoms with Crippen LogP contribution in [-0.2, 0) is 17.9 Å². The average Bonchev–Trinajstić information content (AvgIpc) is 3.46. The summed E-state index contributed by atoms with van der Waals surface area (Å²) in [5, 5.41) is 7.94. The summed E-state index contributed by atoms with van der Waals surface area (Å²) in [7, 11) is 0. The molecule has 0 aliphatic carbocycles. The zero-order chi connectivity index (χ0) is 25.6. The lowest BCUT2D eigenvalue weighted by atomic mass is 10.2. The van der Waals surface area contributed by atoms with Crippen LogP contribution in [0.5, 0.6) is 0 Å².